The van der Waals surface area contributed by atoms with Crippen molar-refractivity contribution in [3.63, 3.8) is 0 Å². The summed E-state index contributed by atoms with van der Waals surface area (Å²) in [4.78, 5) is 12.8. The van der Waals surface area contributed by atoms with E-state index in [4.69, 9.17) is 0 Å². The number of carbonyl (C=O) groups excluding carboxylic acids is 1. The van der Waals surface area contributed by atoms with Crippen LogP contribution >= 0.6 is 11.3 Å². The number of nitrogens with zero attached hydrogens (tertiary/aromatic N) is 4. The van der Waals surface area contributed by atoms with Crippen molar-refractivity contribution in [3.8, 4) is 5.69 Å². The number of aromatic nitrogens is 4. The number of hydrogen-bond acceptors (Lipinski definition) is 5. The Morgan fingerprint density at radius 1 is 1.43 bits per heavy atom. The molecule has 2 aromatic rings. The van der Waals surface area contributed by atoms with Gasteiger partial charge in [0, 0.05) is 18.9 Å². The molecule has 2 aromatic heterocycles. The van der Waals surface area contributed by atoms with Gasteiger partial charge in [-0.15, -0.1) is 16.4 Å². The molecule has 0 unspecified atom stereocenters. The maximum absolute atomic E-state index is 13.1. The van der Waals surface area contributed by atoms with Gasteiger partial charge >= 0.3 is 0 Å². The Balaban J connectivity index is 1.68. The van der Waals surface area contributed by atoms with Crippen molar-refractivity contribution in [2.75, 3.05) is 0 Å². The average molecular weight is 313 g/mol. The van der Waals surface area contributed by atoms with E-state index < -0.39 is 5.92 Å². The van der Waals surface area contributed by atoms with Gasteiger partial charge in [0.15, 0.2) is 0 Å². The van der Waals surface area contributed by atoms with E-state index in [1.54, 1.807) is 11.4 Å². The molecule has 112 valence electrons. The maximum atomic E-state index is 13.1. The Morgan fingerprint density at radius 2 is 2.19 bits per heavy atom. The third-order valence-corrected chi connectivity index (χ3v) is 4.40. The van der Waals surface area contributed by atoms with E-state index in [9.17, 15) is 13.6 Å². The van der Waals surface area contributed by atoms with Gasteiger partial charge in [-0.1, -0.05) is 0 Å². The monoisotopic (exact) mass is 313 g/mol. The van der Waals surface area contributed by atoms with Crippen molar-refractivity contribution in [1.82, 2.24) is 25.5 Å². The molecule has 0 aromatic carbocycles. The molecule has 1 aliphatic rings. The van der Waals surface area contributed by atoms with Crippen molar-refractivity contribution < 1.29 is 13.6 Å². The van der Waals surface area contributed by atoms with Gasteiger partial charge in [-0.2, -0.15) is 4.68 Å². The summed E-state index contributed by atoms with van der Waals surface area (Å²) in [5, 5.41) is 15.4. The predicted molar refractivity (Wildman–Crippen MR) is 71.7 cm³/mol. The zero-order valence-electron chi connectivity index (χ0n) is 11.0. The first-order valence-electron chi connectivity index (χ1n) is 6.55. The number of alkyl halides is 2. The number of hydrogen-bond donors (Lipinski definition) is 1. The lowest BCUT2D eigenvalue weighted by molar-refractivity contribution is -0.0399. The van der Waals surface area contributed by atoms with Crippen molar-refractivity contribution in [1.29, 1.82) is 0 Å². The highest BCUT2D eigenvalue weighted by molar-refractivity contribution is 7.12. The molecule has 9 heteroatoms. The van der Waals surface area contributed by atoms with Crippen LogP contribution in [0.5, 0.6) is 0 Å². The van der Waals surface area contributed by atoms with Crippen molar-refractivity contribution in [3.05, 3.63) is 22.7 Å². The summed E-state index contributed by atoms with van der Waals surface area (Å²) in [5.74, 6) is -2.87. The summed E-state index contributed by atoms with van der Waals surface area (Å²) in [7, 11) is 0. The Hall–Kier alpha value is -1.90. The maximum Gasteiger partial charge on any atom is 0.263 e. The van der Waals surface area contributed by atoms with Crippen molar-refractivity contribution >= 4 is 17.2 Å². The lowest BCUT2D eigenvalue weighted by Crippen LogP contribution is -2.40. The van der Waals surface area contributed by atoms with E-state index in [2.05, 4.69) is 20.8 Å². The summed E-state index contributed by atoms with van der Waals surface area (Å²) in [5.41, 5.74) is 0.587. The molecule has 21 heavy (non-hydrogen) atoms. The van der Waals surface area contributed by atoms with E-state index in [1.807, 2.05) is 0 Å². The van der Waals surface area contributed by atoms with Gasteiger partial charge < -0.3 is 5.32 Å². The second-order valence-corrected chi connectivity index (χ2v) is 5.91. The molecule has 6 nitrogen and oxygen atoms in total. The molecule has 0 aliphatic heterocycles. The minimum atomic E-state index is -2.60. The molecule has 0 saturated heterocycles. The van der Waals surface area contributed by atoms with Crippen LogP contribution in [0.15, 0.2) is 17.8 Å². The normalized spacial score (nSPS) is 18.6. The van der Waals surface area contributed by atoms with Crippen LogP contribution in [0.4, 0.5) is 8.78 Å². The molecule has 1 fully saturated rings. The van der Waals surface area contributed by atoms with Crippen LogP contribution in [0.25, 0.3) is 5.69 Å². The standard InChI is InChI=1S/C12H13F2N5OS/c13-12(14)4-1-8(2-5-12)16-11(20)10-9(3-6-21-10)19-7-15-17-18-19/h3,6-8H,1-2,4-5H2,(H,16,20). The van der Waals surface area contributed by atoms with Crippen molar-refractivity contribution in [2.24, 2.45) is 0 Å². The first-order valence-corrected chi connectivity index (χ1v) is 7.43. The zero-order chi connectivity index (χ0) is 14.9. The number of halogens is 2. The van der Waals surface area contributed by atoms with Crippen LogP contribution in [-0.2, 0) is 0 Å². The highest BCUT2D eigenvalue weighted by atomic mass is 32.1. The minimum Gasteiger partial charge on any atom is -0.349 e. The number of amides is 1. The smallest absolute Gasteiger partial charge is 0.263 e. The van der Waals surface area contributed by atoms with Crippen LogP contribution in [-0.4, -0.2) is 38.1 Å². The molecule has 1 saturated carbocycles. The number of nitrogens with one attached hydrogen (secondary N) is 1. The fourth-order valence-corrected chi connectivity index (χ4v) is 3.14. The van der Waals surface area contributed by atoms with Gasteiger partial charge in [0.25, 0.3) is 5.91 Å². The Labute approximate surface area is 123 Å². The van der Waals surface area contributed by atoms with Gasteiger partial charge in [0.05, 0.1) is 5.69 Å². The van der Waals surface area contributed by atoms with Gasteiger partial charge in [0.2, 0.25) is 5.92 Å². The number of tetrazole rings is 1. The Morgan fingerprint density at radius 3 is 2.86 bits per heavy atom. The molecule has 0 bridgehead atoms. The third-order valence-electron chi connectivity index (χ3n) is 3.50. The summed E-state index contributed by atoms with van der Waals surface area (Å²) in [6.07, 6.45) is 1.64. The van der Waals surface area contributed by atoms with E-state index in [0.29, 0.717) is 23.4 Å². The number of carbonyl (C=O) groups is 1. The molecular weight excluding hydrogens is 300 g/mol. The summed E-state index contributed by atoms with van der Waals surface area (Å²) >= 11 is 1.27. The van der Waals surface area contributed by atoms with Gasteiger partial charge in [-0.25, -0.2) is 8.78 Å². The van der Waals surface area contributed by atoms with Crippen LogP contribution in [0, 0.1) is 0 Å². The highest BCUT2D eigenvalue weighted by Crippen LogP contribution is 2.33. The lowest BCUT2D eigenvalue weighted by atomic mass is 9.92. The SMILES string of the molecule is O=C(NC1CCC(F)(F)CC1)c1sccc1-n1cnnn1. The number of rotatable bonds is 3. The fraction of sp³-hybridized carbons (Fsp3) is 0.500. The first kappa shape index (κ1) is 14.1. The zero-order valence-corrected chi connectivity index (χ0v) is 11.8. The van der Waals surface area contributed by atoms with Crippen LogP contribution in [0.2, 0.25) is 0 Å². The summed E-state index contributed by atoms with van der Waals surface area (Å²) in [6, 6.07) is 1.53. The molecular formula is C12H13F2N5OS. The molecule has 1 aliphatic carbocycles. The van der Waals surface area contributed by atoms with E-state index in [-0.39, 0.29) is 24.8 Å². The molecule has 0 spiro atoms. The van der Waals surface area contributed by atoms with Gasteiger partial charge in [-0.3, -0.25) is 4.79 Å². The van der Waals surface area contributed by atoms with Crippen molar-refractivity contribution in [2.45, 2.75) is 37.6 Å². The lowest BCUT2D eigenvalue weighted by Gasteiger charge is -2.28. The average Bonchev–Trinajstić information content (AvgIpc) is 3.10. The van der Waals surface area contributed by atoms with E-state index in [0.717, 1.165) is 0 Å². The fourth-order valence-electron chi connectivity index (χ4n) is 2.36. The second-order valence-electron chi connectivity index (χ2n) is 4.99. The van der Waals surface area contributed by atoms with E-state index >= 15 is 0 Å². The van der Waals surface area contributed by atoms with Gasteiger partial charge in [-0.05, 0) is 34.7 Å². The van der Waals surface area contributed by atoms with Crippen LogP contribution < -0.4 is 5.32 Å². The topological polar surface area (TPSA) is 72.7 Å². The predicted octanol–water partition coefficient (Wildman–Crippen LogP) is 2.03. The first-order chi connectivity index (χ1) is 10.1. The van der Waals surface area contributed by atoms with Gasteiger partial charge in [0.1, 0.15) is 11.2 Å². The molecule has 2 heterocycles. The number of thiophene rings is 1. The highest BCUT2D eigenvalue weighted by Gasteiger charge is 2.35. The molecule has 0 radical (unpaired) electrons. The summed E-state index contributed by atoms with van der Waals surface area (Å²) < 4.78 is 27.6. The molecule has 3 rings (SSSR count). The quantitative estimate of drug-likeness (QED) is 0.941. The largest absolute Gasteiger partial charge is 0.349 e. The molecule has 1 N–H and O–H groups in total. The molecule has 0 atom stereocenters. The Kier molecular flexibility index (Phi) is 3.66. The Bertz CT molecular complexity index is 617. The van der Waals surface area contributed by atoms with Crippen LogP contribution in [0.3, 0.4) is 0 Å². The second kappa shape index (κ2) is 5.47. The van der Waals surface area contributed by atoms with Crippen LogP contribution in [0.1, 0.15) is 35.4 Å². The van der Waals surface area contributed by atoms with E-state index in [1.165, 1.54) is 22.3 Å². The minimum absolute atomic E-state index is 0.178. The third kappa shape index (κ3) is 3.07. The molecule has 1 amide bonds. The summed E-state index contributed by atoms with van der Waals surface area (Å²) in [6.45, 7) is 0.